The first-order valence-electron chi connectivity index (χ1n) is 9.95. The molecule has 2 N–H and O–H groups in total. The highest BCUT2D eigenvalue weighted by Crippen LogP contribution is 2.22. The lowest BCUT2D eigenvalue weighted by molar-refractivity contribution is 0.145. The molecule has 1 aliphatic rings. The lowest BCUT2D eigenvalue weighted by atomic mass is 10.1. The number of hydrogen-bond acceptors (Lipinski definition) is 4. The highest BCUT2D eigenvalue weighted by atomic mass is 19.1. The lowest BCUT2D eigenvalue weighted by Gasteiger charge is -2.35. The number of nitrogens with one attached hydrogen (secondary N) is 2. The molecular formula is C20H34FN5O. The third-order valence-corrected chi connectivity index (χ3v) is 4.82. The number of hydrogen-bond donors (Lipinski definition) is 2. The number of anilines is 1. The van der Waals surface area contributed by atoms with Crippen molar-refractivity contribution in [3.8, 4) is 0 Å². The monoisotopic (exact) mass is 379 g/mol. The maximum Gasteiger partial charge on any atom is 0.191 e. The van der Waals surface area contributed by atoms with E-state index in [9.17, 15) is 4.39 Å². The second kappa shape index (κ2) is 11.8. The lowest BCUT2D eigenvalue weighted by Crippen LogP contribution is -2.46. The Balaban J connectivity index is 1.81. The largest absolute Gasteiger partial charge is 0.382 e. The summed E-state index contributed by atoms with van der Waals surface area (Å²) < 4.78 is 19.9. The summed E-state index contributed by atoms with van der Waals surface area (Å²) in [6.45, 7) is 11.7. The van der Waals surface area contributed by atoms with Crippen molar-refractivity contribution in [1.82, 2.24) is 15.5 Å². The summed E-state index contributed by atoms with van der Waals surface area (Å²) in [4.78, 5) is 8.72. The summed E-state index contributed by atoms with van der Waals surface area (Å²) in [5, 5.41) is 6.47. The average Bonchev–Trinajstić information content (AvgIpc) is 2.70. The first-order valence-corrected chi connectivity index (χ1v) is 9.95. The zero-order chi connectivity index (χ0) is 19.5. The van der Waals surface area contributed by atoms with Crippen molar-refractivity contribution < 1.29 is 9.13 Å². The quantitative estimate of drug-likeness (QED) is 0.391. The van der Waals surface area contributed by atoms with Crippen LogP contribution in [0.5, 0.6) is 0 Å². The van der Waals surface area contributed by atoms with Crippen LogP contribution in [0.2, 0.25) is 0 Å². The Kier molecular flexibility index (Phi) is 9.35. The van der Waals surface area contributed by atoms with Crippen molar-refractivity contribution in [2.24, 2.45) is 4.99 Å². The van der Waals surface area contributed by atoms with Gasteiger partial charge >= 0.3 is 0 Å². The maximum absolute atomic E-state index is 14.6. The van der Waals surface area contributed by atoms with Gasteiger partial charge in [-0.15, -0.1) is 0 Å². The molecule has 1 aromatic carbocycles. The molecule has 0 aromatic heterocycles. The molecule has 1 aromatic rings. The van der Waals surface area contributed by atoms with E-state index in [1.165, 1.54) is 0 Å². The highest BCUT2D eigenvalue weighted by Gasteiger charge is 2.18. The van der Waals surface area contributed by atoms with Crippen LogP contribution in [0.25, 0.3) is 0 Å². The Labute approximate surface area is 162 Å². The summed E-state index contributed by atoms with van der Waals surface area (Å²) in [7, 11) is 1.73. The molecule has 0 aliphatic carbocycles. The summed E-state index contributed by atoms with van der Waals surface area (Å²) in [5.41, 5.74) is 1.61. The number of aliphatic imine (C=N–C) groups is 1. The average molecular weight is 380 g/mol. The molecule has 1 heterocycles. The summed E-state index contributed by atoms with van der Waals surface area (Å²) in [6.07, 6.45) is 0.920. The number of rotatable bonds is 9. The van der Waals surface area contributed by atoms with E-state index in [4.69, 9.17) is 4.74 Å². The number of benzene rings is 1. The molecule has 0 bridgehead atoms. The number of guanidine groups is 1. The Bertz CT molecular complexity index is 588. The Hall–Kier alpha value is -1.86. The van der Waals surface area contributed by atoms with Crippen LogP contribution in [0.3, 0.4) is 0 Å². The van der Waals surface area contributed by atoms with Crippen LogP contribution in [-0.4, -0.2) is 70.4 Å². The molecule has 6 nitrogen and oxygen atoms in total. The molecule has 0 spiro atoms. The van der Waals surface area contributed by atoms with E-state index in [2.05, 4.69) is 32.3 Å². The third-order valence-electron chi connectivity index (χ3n) is 4.82. The van der Waals surface area contributed by atoms with Crippen molar-refractivity contribution in [2.45, 2.75) is 26.8 Å². The number of ether oxygens (including phenoxy) is 1. The fourth-order valence-electron chi connectivity index (χ4n) is 3.15. The Morgan fingerprint density at radius 3 is 2.59 bits per heavy atom. The molecule has 0 atom stereocenters. The van der Waals surface area contributed by atoms with Gasteiger partial charge in [-0.05, 0) is 37.6 Å². The van der Waals surface area contributed by atoms with Crippen molar-refractivity contribution >= 4 is 11.6 Å². The molecule has 0 saturated carbocycles. The van der Waals surface area contributed by atoms with Gasteiger partial charge in [0.2, 0.25) is 0 Å². The fourth-order valence-corrected chi connectivity index (χ4v) is 3.15. The van der Waals surface area contributed by atoms with Crippen LogP contribution in [-0.2, 0) is 11.3 Å². The van der Waals surface area contributed by atoms with E-state index < -0.39 is 0 Å². The van der Waals surface area contributed by atoms with E-state index in [0.29, 0.717) is 18.2 Å². The number of halogens is 1. The number of likely N-dealkylation sites (N-methyl/N-ethyl adjacent to an activating group) is 1. The standard InChI is InChI=1S/C20H34FN5O/c1-4-25-10-12-26(13-11-25)19-8-7-17(15-18(19)21)16-24-20(22-3)23-9-6-14-27-5-2/h7-8,15H,4-6,9-14,16H2,1-3H3,(H2,22,23,24). The van der Waals surface area contributed by atoms with Gasteiger partial charge in [-0.1, -0.05) is 13.0 Å². The van der Waals surface area contributed by atoms with Crippen LogP contribution >= 0.6 is 0 Å². The molecular weight excluding hydrogens is 345 g/mol. The van der Waals surface area contributed by atoms with Crippen molar-refractivity contribution in [3.05, 3.63) is 29.6 Å². The smallest absolute Gasteiger partial charge is 0.191 e. The molecule has 1 saturated heterocycles. The van der Waals surface area contributed by atoms with Crippen LogP contribution < -0.4 is 15.5 Å². The van der Waals surface area contributed by atoms with Crippen LogP contribution in [0.4, 0.5) is 10.1 Å². The number of nitrogens with zero attached hydrogens (tertiary/aromatic N) is 3. The van der Waals surface area contributed by atoms with Gasteiger partial charge in [0.25, 0.3) is 0 Å². The second-order valence-corrected chi connectivity index (χ2v) is 6.61. The molecule has 152 valence electrons. The minimum atomic E-state index is -0.154. The van der Waals surface area contributed by atoms with E-state index in [0.717, 1.165) is 64.5 Å². The Morgan fingerprint density at radius 2 is 1.96 bits per heavy atom. The topological polar surface area (TPSA) is 52.1 Å². The van der Waals surface area contributed by atoms with E-state index in [1.54, 1.807) is 13.1 Å². The summed E-state index contributed by atoms with van der Waals surface area (Å²) in [6, 6.07) is 5.50. The molecule has 1 fully saturated rings. The van der Waals surface area contributed by atoms with Gasteiger partial charge in [0.05, 0.1) is 5.69 Å². The van der Waals surface area contributed by atoms with E-state index in [-0.39, 0.29) is 5.82 Å². The van der Waals surface area contributed by atoms with Gasteiger partial charge in [0.1, 0.15) is 5.82 Å². The second-order valence-electron chi connectivity index (χ2n) is 6.61. The van der Waals surface area contributed by atoms with Gasteiger partial charge < -0.3 is 25.2 Å². The van der Waals surface area contributed by atoms with Crippen molar-refractivity contribution in [1.29, 1.82) is 0 Å². The minimum absolute atomic E-state index is 0.154. The first-order chi connectivity index (χ1) is 13.2. The normalized spacial score (nSPS) is 15.9. The predicted octanol–water partition coefficient (Wildman–Crippen LogP) is 2.06. The van der Waals surface area contributed by atoms with Crippen LogP contribution in [0, 0.1) is 5.82 Å². The molecule has 0 amide bonds. The zero-order valence-electron chi connectivity index (χ0n) is 16.9. The summed E-state index contributed by atoms with van der Waals surface area (Å²) in [5.74, 6) is 0.561. The molecule has 1 aliphatic heterocycles. The van der Waals surface area contributed by atoms with Gasteiger partial charge in [-0.2, -0.15) is 0 Å². The summed E-state index contributed by atoms with van der Waals surface area (Å²) >= 11 is 0. The highest BCUT2D eigenvalue weighted by molar-refractivity contribution is 5.79. The predicted molar refractivity (Wildman–Crippen MR) is 110 cm³/mol. The maximum atomic E-state index is 14.6. The molecule has 0 radical (unpaired) electrons. The molecule has 0 unspecified atom stereocenters. The SMILES string of the molecule is CCOCCCNC(=NC)NCc1ccc(N2CCN(CC)CC2)c(F)c1. The zero-order valence-corrected chi connectivity index (χ0v) is 16.9. The van der Waals surface area contributed by atoms with Gasteiger partial charge in [0, 0.05) is 59.5 Å². The molecule has 7 heteroatoms. The Morgan fingerprint density at radius 1 is 1.19 bits per heavy atom. The third kappa shape index (κ3) is 6.99. The first kappa shape index (κ1) is 21.4. The van der Waals surface area contributed by atoms with Crippen LogP contribution in [0.15, 0.2) is 23.2 Å². The van der Waals surface area contributed by atoms with Crippen molar-refractivity contribution in [2.75, 3.05) is 64.4 Å². The van der Waals surface area contributed by atoms with E-state index in [1.807, 2.05) is 19.1 Å². The van der Waals surface area contributed by atoms with Gasteiger partial charge in [-0.25, -0.2) is 4.39 Å². The van der Waals surface area contributed by atoms with Crippen molar-refractivity contribution in [3.63, 3.8) is 0 Å². The van der Waals surface area contributed by atoms with E-state index >= 15 is 0 Å². The minimum Gasteiger partial charge on any atom is -0.382 e. The van der Waals surface area contributed by atoms with Gasteiger partial charge in [0.15, 0.2) is 5.96 Å². The van der Waals surface area contributed by atoms with Crippen LogP contribution in [0.1, 0.15) is 25.8 Å². The fraction of sp³-hybridized carbons (Fsp3) is 0.650. The molecule has 2 rings (SSSR count). The number of piperazine rings is 1. The molecule has 27 heavy (non-hydrogen) atoms. The van der Waals surface area contributed by atoms with Gasteiger partial charge in [-0.3, -0.25) is 4.99 Å².